The molecule has 2 aromatic carbocycles. The van der Waals surface area contributed by atoms with Gasteiger partial charge >= 0.3 is 0 Å². The molecule has 1 aliphatic carbocycles. The lowest BCUT2D eigenvalue weighted by atomic mass is 9.91. The second-order valence-corrected chi connectivity index (χ2v) is 8.56. The van der Waals surface area contributed by atoms with Crippen LogP contribution in [0, 0.1) is 0 Å². The minimum atomic E-state index is 0.396. The summed E-state index contributed by atoms with van der Waals surface area (Å²) in [7, 11) is 4.05. The van der Waals surface area contributed by atoms with E-state index in [1.54, 1.807) is 6.08 Å². The van der Waals surface area contributed by atoms with Crippen molar-refractivity contribution in [3.05, 3.63) is 66.7 Å². The average molecular weight is 432 g/mol. The zero-order chi connectivity index (χ0) is 22.3. The van der Waals surface area contributed by atoms with E-state index in [0.717, 1.165) is 60.6 Å². The van der Waals surface area contributed by atoms with E-state index in [9.17, 15) is 0 Å². The van der Waals surface area contributed by atoms with E-state index in [-0.39, 0.29) is 0 Å². The Kier molecular flexibility index (Phi) is 7.22. The van der Waals surface area contributed by atoms with Crippen LogP contribution in [0.1, 0.15) is 31.2 Å². The molecule has 4 rings (SSSR count). The zero-order valence-electron chi connectivity index (χ0n) is 19.1. The van der Waals surface area contributed by atoms with Crippen LogP contribution in [-0.4, -0.2) is 42.8 Å². The monoisotopic (exact) mass is 431 g/mol. The summed E-state index contributed by atoms with van der Waals surface area (Å²) in [6.45, 7) is 5.08. The molecule has 0 bridgehead atoms. The number of nitrogens with one attached hydrogen (secondary N) is 2. The molecule has 0 amide bonds. The van der Waals surface area contributed by atoms with Crippen molar-refractivity contribution in [3.8, 4) is 5.75 Å². The van der Waals surface area contributed by atoms with E-state index in [1.807, 2.05) is 49.3 Å². The van der Waals surface area contributed by atoms with E-state index < -0.39 is 0 Å². The maximum atomic E-state index is 5.78. The first kappa shape index (κ1) is 22.1. The number of ether oxygens (including phenoxy) is 1. The van der Waals surface area contributed by atoms with Crippen LogP contribution in [-0.2, 0) is 6.54 Å². The summed E-state index contributed by atoms with van der Waals surface area (Å²) in [6, 6.07) is 17.3. The summed E-state index contributed by atoms with van der Waals surface area (Å²) in [4.78, 5) is 11.6. The van der Waals surface area contributed by atoms with Gasteiger partial charge < -0.3 is 20.3 Å². The minimum absolute atomic E-state index is 0.396. The van der Waals surface area contributed by atoms with Gasteiger partial charge in [0.15, 0.2) is 0 Å². The van der Waals surface area contributed by atoms with Gasteiger partial charge in [0.25, 0.3) is 0 Å². The molecule has 0 saturated heterocycles. The molecule has 0 aliphatic heterocycles. The molecule has 0 atom stereocenters. The van der Waals surface area contributed by atoms with Crippen molar-refractivity contribution in [2.45, 2.75) is 44.3 Å². The van der Waals surface area contributed by atoms with Crippen molar-refractivity contribution in [1.29, 1.82) is 0 Å². The zero-order valence-corrected chi connectivity index (χ0v) is 19.1. The SMILES string of the molecule is C=CCOc1ccccc1CN[C@H]1CC[C@@H](Nc2nc(N(C)C)c3ccccc3n2)CC1. The van der Waals surface area contributed by atoms with Crippen LogP contribution in [0.4, 0.5) is 11.8 Å². The number of fused-ring (bicyclic) bond motifs is 1. The van der Waals surface area contributed by atoms with Crippen molar-refractivity contribution in [1.82, 2.24) is 15.3 Å². The topological polar surface area (TPSA) is 62.3 Å². The number of hydrogen-bond acceptors (Lipinski definition) is 6. The highest BCUT2D eigenvalue weighted by atomic mass is 16.5. The van der Waals surface area contributed by atoms with E-state index >= 15 is 0 Å². The molecule has 6 nitrogen and oxygen atoms in total. The quantitative estimate of drug-likeness (QED) is 0.476. The highest BCUT2D eigenvalue weighted by Crippen LogP contribution is 2.27. The molecule has 1 fully saturated rings. The first-order chi connectivity index (χ1) is 15.6. The first-order valence-corrected chi connectivity index (χ1v) is 11.4. The number of aromatic nitrogens is 2. The van der Waals surface area contributed by atoms with Crippen molar-refractivity contribution in [2.24, 2.45) is 0 Å². The summed E-state index contributed by atoms with van der Waals surface area (Å²) >= 11 is 0. The highest BCUT2D eigenvalue weighted by molar-refractivity contribution is 5.90. The molecule has 1 aromatic heterocycles. The Morgan fingerprint density at radius 1 is 1.00 bits per heavy atom. The van der Waals surface area contributed by atoms with Crippen LogP contribution in [0.3, 0.4) is 0 Å². The van der Waals surface area contributed by atoms with Crippen LogP contribution in [0.2, 0.25) is 0 Å². The summed E-state index contributed by atoms with van der Waals surface area (Å²) < 4.78 is 5.78. The van der Waals surface area contributed by atoms with Crippen LogP contribution >= 0.6 is 0 Å². The second kappa shape index (κ2) is 10.5. The van der Waals surface area contributed by atoms with Gasteiger partial charge in [-0.1, -0.05) is 43.0 Å². The van der Waals surface area contributed by atoms with E-state index in [2.05, 4.69) is 35.4 Å². The number of nitrogens with zero attached hydrogens (tertiary/aromatic N) is 3. The van der Waals surface area contributed by atoms with Gasteiger partial charge in [0.05, 0.1) is 5.52 Å². The molecule has 1 heterocycles. The van der Waals surface area contributed by atoms with Gasteiger partial charge in [0, 0.05) is 43.7 Å². The summed E-state index contributed by atoms with van der Waals surface area (Å²) in [6.07, 6.45) is 6.22. The van der Waals surface area contributed by atoms with Gasteiger partial charge in [-0.3, -0.25) is 0 Å². The van der Waals surface area contributed by atoms with E-state index in [0.29, 0.717) is 18.7 Å². The molecule has 0 spiro atoms. The average Bonchev–Trinajstić information content (AvgIpc) is 2.82. The lowest BCUT2D eigenvalue weighted by Gasteiger charge is -2.30. The van der Waals surface area contributed by atoms with Crippen LogP contribution in [0.5, 0.6) is 5.75 Å². The molecule has 2 N–H and O–H groups in total. The number of hydrogen-bond donors (Lipinski definition) is 2. The lowest BCUT2D eigenvalue weighted by Crippen LogP contribution is -2.37. The molecule has 3 aromatic rings. The molecule has 0 unspecified atom stereocenters. The van der Waals surface area contributed by atoms with Crippen molar-refractivity contribution >= 4 is 22.7 Å². The maximum Gasteiger partial charge on any atom is 0.225 e. The fraction of sp³-hybridized carbons (Fsp3) is 0.385. The number of benzene rings is 2. The van der Waals surface area contributed by atoms with Crippen molar-refractivity contribution < 1.29 is 4.74 Å². The molecule has 1 aliphatic rings. The van der Waals surface area contributed by atoms with Crippen molar-refractivity contribution in [2.75, 3.05) is 30.9 Å². The van der Waals surface area contributed by atoms with Gasteiger partial charge in [0.1, 0.15) is 18.2 Å². The Morgan fingerprint density at radius 3 is 2.50 bits per heavy atom. The fourth-order valence-electron chi connectivity index (χ4n) is 4.28. The normalized spacial score (nSPS) is 18.3. The van der Waals surface area contributed by atoms with Crippen LogP contribution in [0.15, 0.2) is 61.2 Å². The molecule has 0 radical (unpaired) electrons. The third kappa shape index (κ3) is 5.37. The van der Waals surface area contributed by atoms with E-state index in [4.69, 9.17) is 14.7 Å². The number of para-hydroxylation sites is 2. The van der Waals surface area contributed by atoms with Gasteiger partial charge in [-0.2, -0.15) is 4.98 Å². The molecule has 32 heavy (non-hydrogen) atoms. The summed E-state index contributed by atoms with van der Waals surface area (Å²) in [5.74, 6) is 2.60. The van der Waals surface area contributed by atoms with Gasteiger partial charge in [-0.25, -0.2) is 4.98 Å². The molecule has 168 valence electrons. The smallest absolute Gasteiger partial charge is 0.225 e. The molecular weight excluding hydrogens is 398 g/mol. The molecule has 1 saturated carbocycles. The molecule has 6 heteroatoms. The fourth-order valence-corrected chi connectivity index (χ4v) is 4.28. The summed E-state index contributed by atoms with van der Waals surface area (Å²) in [5, 5.41) is 8.38. The summed E-state index contributed by atoms with van der Waals surface area (Å²) in [5.41, 5.74) is 2.16. The van der Waals surface area contributed by atoms with Crippen LogP contribution in [0.25, 0.3) is 10.9 Å². The predicted molar refractivity (Wildman–Crippen MR) is 133 cm³/mol. The Bertz CT molecular complexity index is 1040. The third-order valence-corrected chi connectivity index (χ3v) is 5.98. The Labute approximate surface area is 190 Å². The van der Waals surface area contributed by atoms with Crippen molar-refractivity contribution in [3.63, 3.8) is 0 Å². The Hall–Kier alpha value is -3.12. The van der Waals surface area contributed by atoms with Gasteiger partial charge in [0.2, 0.25) is 5.95 Å². The molecular formula is C26H33N5O. The van der Waals surface area contributed by atoms with E-state index in [1.165, 1.54) is 5.56 Å². The largest absolute Gasteiger partial charge is 0.489 e. The predicted octanol–water partition coefficient (Wildman–Crippen LogP) is 4.77. The standard InChI is InChI=1S/C26H33N5O/c1-4-17-32-24-12-8-5-9-19(24)18-27-20-13-15-21(16-14-20)28-26-29-23-11-7-6-10-22(23)25(30-26)31(2)3/h4-12,20-21,27H,1,13-18H2,2-3H3,(H,28,29,30)/t20-,21+. The van der Waals surface area contributed by atoms with Gasteiger partial charge in [-0.05, 0) is 43.9 Å². The first-order valence-electron chi connectivity index (χ1n) is 11.4. The van der Waals surface area contributed by atoms with Crippen LogP contribution < -0.4 is 20.3 Å². The second-order valence-electron chi connectivity index (χ2n) is 8.56. The van der Waals surface area contributed by atoms with Gasteiger partial charge in [-0.15, -0.1) is 0 Å². The number of anilines is 2. The maximum absolute atomic E-state index is 5.78. The Morgan fingerprint density at radius 2 is 1.72 bits per heavy atom. The third-order valence-electron chi connectivity index (χ3n) is 5.98. The minimum Gasteiger partial charge on any atom is -0.489 e. The number of rotatable bonds is 9. The Balaban J connectivity index is 1.33. The highest BCUT2D eigenvalue weighted by Gasteiger charge is 2.22. The lowest BCUT2D eigenvalue weighted by molar-refractivity contribution is 0.339.